The molecule has 0 spiro atoms. The minimum atomic E-state index is -1.47. The van der Waals surface area contributed by atoms with Crippen LogP contribution in [0.3, 0.4) is 0 Å². The molecule has 0 aromatic heterocycles. The van der Waals surface area contributed by atoms with Crippen molar-refractivity contribution in [3.8, 4) is 0 Å². The van der Waals surface area contributed by atoms with Crippen molar-refractivity contribution in [2.45, 2.75) is 37.1 Å². The van der Waals surface area contributed by atoms with Gasteiger partial charge in [0.2, 0.25) is 0 Å². The van der Waals surface area contributed by atoms with Gasteiger partial charge in [0.15, 0.2) is 6.29 Å². The summed E-state index contributed by atoms with van der Waals surface area (Å²) in [4.78, 5) is 0. The maximum atomic E-state index is 9.59. The van der Waals surface area contributed by atoms with Gasteiger partial charge >= 0.3 is 0 Å². The van der Waals surface area contributed by atoms with Gasteiger partial charge in [0.1, 0.15) is 18.3 Å². The Morgan fingerprint density at radius 1 is 1.12 bits per heavy atom. The van der Waals surface area contributed by atoms with Crippen LogP contribution in [0.2, 0.25) is 0 Å². The van der Waals surface area contributed by atoms with Gasteiger partial charge in [-0.05, 0) is 13.0 Å². The molecule has 0 bridgehead atoms. The summed E-state index contributed by atoms with van der Waals surface area (Å²) in [6, 6.07) is 0. The summed E-state index contributed by atoms with van der Waals surface area (Å²) < 4.78 is 4.99. The van der Waals surface area contributed by atoms with Gasteiger partial charge in [-0.1, -0.05) is 6.08 Å². The standard InChI is InChI=1S/C10H19NO5/c1-2-4-11-5-3-6-7(12)8(13)9(14)10(15)16-6/h2,6-15H,1,3-5H2/t6-,7-,8+,9-,10-/m1/s1. The molecule has 1 aliphatic heterocycles. The van der Waals surface area contributed by atoms with Crippen LogP contribution >= 0.6 is 0 Å². The van der Waals surface area contributed by atoms with Crippen LogP contribution in [0.25, 0.3) is 0 Å². The first kappa shape index (κ1) is 13.6. The Labute approximate surface area is 94.2 Å². The van der Waals surface area contributed by atoms with E-state index in [1.807, 2.05) is 0 Å². The van der Waals surface area contributed by atoms with Gasteiger partial charge in [-0.2, -0.15) is 0 Å². The number of aliphatic hydroxyl groups is 4. The summed E-state index contributed by atoms with van der Waals surface area (Å²) in [5, 5.41) is 40.5. The van der Waals surface area contributed by atoms with Crippen LogP contribution in [0.4, 0.5) is 0 Å². The van der Waals surface area contributed by atoms with E-state index >= 15 is 0 Å². The Hall–Kier alpha value is -0.500. The van der Waals surface area contributed by atoms with Crippen molar-refractivity contribution in [3.63, 3.8) is 0 Å². The van der Waals surface area contributed by atoms with Crippen LogP contribution in [0.1, 0.15) is 6.42 Å². The number of nitrogens with one attached hydrogen (secondary N) is 1. The molecule has 0 aliphatic carbocycles. The van der Waals surface area contributed by atoms with Crippen LogP contribution in [-0.4, -0.2) is 64.2 Å². The van der Waals surface area contributed by atoms with Crippen LogP contribution in [0.5, 0.6) is 0 Å². The topological polar surface area (TPSA) is 102 Å². The zero-order valence-electron chi connectivity index (χ0n) is 8.99. The molecule has 16 heavy (non-hydrogen) atoms. The summed E-state index contributed by atoms with van der Waals surface area (Å²) in [7, 11) is 0. The van der Waals surface area contributed by atoms with E-state index in [0.29, 0.717) is 19.5 Å². The van der Waals surface area contributed by atoms with Gasteiger partial charge in [-0.15, -0.1) is 6.58 Å². The maximum Gasteiger partial charge on any atom is 0.183 e. The van der Waals surface area contributed by atoms with E-state index in [-0.39, 0.29) is 0 Å². The van der Waals surface area contributed by atoms with Gasteiger partial charge < -0.3 is 30.5 Å². The average molecular weight is 233 g/mol. The highest BCUT2D eigenvalue weighted by Crippen LogP contribution is 2.21. The molecule has 1 saturated heterocycles. The first-order chi connectivity index (χ1) is 7.57. The fourth-order valence-electron chi connectivity index (χ4n) is 1.62. The number of hydrogen-bond acceptors (Lipinski definition) is 6. The van der Waals surface area contributed by atoms with E-state index in [4.69, 9.17) is 4.74 Å². The second-order valence-corrected chi connectivity index (χ2v) is 3.82. The highest BCUT2D eigenvalue weighted by Gasteiger charge is 2.42. The minimum Gasteiger partial charge on any atom is -0.388 e. The smallest absolute Gasteiger partial charge is 0.183 e. The monoisotopic (exact) mass is 233 g/mol. The van der Waals surface area contributed by atoms with Gasteiger partial charge in [-0.3, -0.25) is 0 Å². The summed E-state index contributed by atoms with van der Waals surface area (Å²) in [5.41, 5.74) is 0. The first-order valence-corrected chi connectivity index (χ1v) is 5.27. The van der Waals surface area contributed by atoms with Crippen LogP contribution in [0, 0.1) is 0 Å². The van der Waals surface area contributed by atoms with Gasteiger partial charge in [-0.25, -0.2) is 0 Å². The van der Waals surface area contributed by atoms with Crippen molar-refractivity contribution in [1.82, 2.24) is 5.32 Å². The quantitative estimate of drug-likeness (QED) is 0.277. The normalized spacial score (nSPS) is 39.6. The molecule has 5 N–H and O–H groups in total. The second-order valence-electron chi connectivity index (χ2n) is 3.82. The fraction of sp³-hybridized carbons (Fsp3) is 0.800. The van der Waals surface area contributed by atoms with Crippen molar-refractivity contribution in [3.05, 3.63) is 12.7 Å². The van der Waals surface area contributed by atoms with Crippen LogP contribution < -0.4 is 5.32 Å². The molecule has 0 aromatic rings. The third kappa shape index (κ3) is 3.24. The lowest BCUT2D eigenvalue weighted by molar-refractivity contribution is -0.282. The second kappa shape index (κ2) is 6.29. The Bertz CT molecular complexity index is 225. The molecule has 0 unspecified atom stereocenters. The Morgan fingerprint density at radius 2 is 1.81 bits per heavy atom. The van der Waals surface area contributed by atoms with E-state index in [1.165, 1.54) is 0 Å². The molecule has 0 amide bonds. The van der Waals surface area contributed by atoms with Gasteiger partial charge in [0, 0.05) is 6.54 Å². The van der Waals surface area contributed by atoms with E-state index in [9.17, 15) is 20.4 Å². The minimum absolute atomic E-state index is 0.426. The zero-order valence-corrected chi connectivity index (χ0v) is 8.99. The molecule has 5 atom stereocenters. The van der Waals surface area contributed by atoms with E-state index in [1.54, 1.807) is 6.08 Å². The van der Waals surface area contributed by atoms with Gasteiger partial charge in [0.05, 0.1) is 6.10 Å². The lowest BCUT2D eigenvalue weighted by Crippen LogP contribution is -2.57. The van der Waals surface area contributed by atoms with E-state index in [2.05, 4.69) is 11.9 Å². The predicted molar refractivity (Wildman–Crippen MR) is 56.6 cm³/mol. The van der Waals surface area contributed by atoms with E-state index < -0.39 is 30.7 Å². The highest BCUT2D eigenvalue weighted by molar-refractivity contribution is 4.88. The number of hydrogen-bond donors (Lipinski definition) is 5. The highest BCUT2D eigenvalue weighted by atomic mass is 16.6. The van der Waals surface area contributed by atoms with Crippen molar-refractivity contribution >= 4 is 0 Å². The first-order valence-electron chi connectivity index (χ1n) is 5.27. The van der Waals surface area contributed by atoms with Crippen molar-refractivity contribution in [2.24, 2.45) is 0 Å². The number of ether oxygens (including phenoxy) is 1. The van der Waals surface area contributed by atoms with Crippen molar-refractivity contribution in [1.29, 1.82) is 0 Å². The third-order valence-corrected chi connectivity index (χ3v) is 2.58. The average Bonchev–Trinajstić information content (AvgIpc) is 2.28. The number of aliphatic hydroxyl groups excluding tert-OH is 4. The third-order valence-electron chi connectivity index (χ3n) is 2.58. The summed E-state index contributed by atoms with van der Waals surface area (Å²) in [6.07, 6.45) is -4.06. The number of rotatable bonds is 5. The molecule has 1 fully saturated rings. The molecular formula is C10H19NO5. The summed E-state index contributed by atoms with van der Waals surface area (Å²) in [6.45, 7) is 4.73. The molecule has 0 radical (unpaired) electrons. The SMILES string of the molecule is C=CCNCC[C@H]1O[C@@H](O)[C@H](O)[C@@H](O)[C@@H]1O. The molecule has 0 aromatic carbocycles. The molecule has 6 heteroatoms. The largest absolute Gasteiger partial charge is 0.388 e. The molecule has 0 saturated carbocycles. The maximum absolute atomic E-state index is 9.59. The van der Waals surface area contributed by atoms with Gasteiger partial charge in [0.25, 0.3) is 0 Å². The van der Waals surface area contributed by atoms with Crippen molar-refractivity contribution in [2.75, 3.05) is 13.1 Å². The summed E-state index contributed by atoms with van der Waals surface area (Å²) >= 11 is 0. The molecule has 1 aliphatic rings. The fourth-order valence-corrected chi connectivity index (χ4v) is 1.62. The predicted octanol–water partition coefficient (Wildman–Crippen LogP) is -2.05. The lowest BCUT2D eigenvalue weighted by atomic mass is 9.97. The molecular weight excluding hydrogens is 214 g/mol. The Balaban J connectivity index is 2.38. The molecule has 1 rings (SSSR count). The Morgan fingerprint density at radius 3 is 2.44 bits per heavy atom. The Kier molecular flexibility index (Phi) is 5.33. The molecule has 1 heterocycles. The summed E-state index contributed by atoms with van der Waals surface area (Å²) in [5.74, 6) is 0. The molecule has 6 nitrogen and oxygen atoms in total. The molecule has 94 valence electrons. The van der Waals surface area contributed by atoms with Crippen LogP contribution in [-0.2, 0) is 4.74 Å². The van der Waals surface area contributed by atoms with E-state index in [0.717, 1.165) is 0 Å². The van der Waals surface area contributed by atoms with Crippen molar-refractivity contribution < 1.29 is 25.2 Å². The lowest BCUT2D eigenvalue weighted by Gasteiger charge is -2.38. The zero-order chi connectivity index (χ0) is 12.1. The van der Waals surface area contributed by atoms with Crippen LogP contribution in [0.15, 0.2) is 12.7 Å².